The molecule has 5 rings (SSSR count). The molecule has 2 aromatic heterocycles. The topological polar surface area (TPSA) is 131 Å². The normalized spacial score (nSPS) is 16.0. The van der Waals surface area contributed by atoms with Crippen LogP contribution in [0.5, 0.6) is 5.75 Å². The average Bonchev–Trinajstić information content (AvgIpc) is 3.82. The first kappa shape index (κ1) is 25.7. The minimum Gasteiger partial charge on any atom is -0.490 e. The Morgan fingerprint density at radius 1 is 1.26 bits per heavy atom. The molecular weight excluding hydrogens is 504 g/mol. The monoisotopic (exact) mass is 532 g/mol. The van der Waals surface area contributed by atoms with E-state index in [1.165, 1.54) is 17.7 Å². The summed E-state index contributed by atoms with van der Waals surface area (Å²) in [5.74, 6) is -0.233. The Morgan fingerprint density at radius 2 is 1.95 bits per heavy atom. The summed E-state index contributed by atoms with van der Waals surface area (Å²) in [6.45, 7) is 5.92. The van der Waals surface area contributed by atoms with Crippen molar-refractivity contribution >= 4 is 32.4 Å². The Morgan fingerprint density at radius 3 is 2.53 bits per heavy atom. The highest BCUT2D eigenvalue weighted by molar-refractivity contribution is 7.94. The van der Waals surface area contributed by atoms with Crippen LogP contribution < -0.4 is 15.6 Å². The highest BCUT2D eigenvalue weighted by Gasteiger charge is 2.60. The van der Waals surface area contributed by atoms with Crippen LogP contribution in [0.25, 0.3) is 16.6 Å². The molecule has 3 aromatic rings. The maximum atomic E-state index is 13.2. The minimum atomic E-state index is -3.27. The van der Waals surface area contributed by atoms with Gasteiger partial charge in [-0.05, 0) is 61.9 Å². The maximum Gasteiger partial charge on any atom is 0.263 e. The number of carbonyl (C=O) groups excluding carboxylic acids is 1. The van der Waals surface area contributed by atoms with Crippen molar-refractivity contribution in [3.05, 3.63) is 75.7 Å². The molecule has 38 heavy (non-hydrogen) atoms. The Balaban J connectivity index is 1.46. The van der Waals surface area contributed by atoms with Crippen LogP contribution >= 0.6 is 0 Å². The summed E-state index contributed by atoms with van der Waals surface area (Å²) in [5.41, 5.74) is 2.60. The van der Waals surface area contributed by atoms with Crippen LogP contribution in [0.1, 0.15) is 59.8 Å². The fourth-order valence-corrected chi connectivity index (χ4v) is 6.87. The van der Waals surface area contributed by atoms with Gasteiger partial charge in [0.2, 0.25) is 0 Å². The number of aryl methyl sites for hydroxylation is 1. The molecule has 0 saturated heterocycles. The smallest absolute Gasteiger partial charge is 0.263 e. The second-order valence-electron chi connectivity index (χ2n) is 10.1. The van der Waals surface area contributed by atoms with Crippen LogP contribution in [0.3, 0.4) is 0 Å². The molecule has 1 N–H and O–H groups in total. The van der Waals surface area contributed by atoms with Crippen LogP contribution in [-0.2, 0) is 23.4 Å². The van der Waals surface area contributed by atoms with Gasteiger partial charge in [0, 0.05) is 19.7 Å². The van der Waals surface area contributed by atoms with E-state index < -0.39 is 26.1 Å². The molecule has 1 amide bonds. The van der Waals surface area contributed by atoms with Crippen molar-refractivity contribution in [3.8, 4) is 11.8 Å². The Kier molecular flexibility index (Phi) is 6.35. The van der Waals surface area contributed by atoms with E-state index in [4.69, 9.17) is 10.00 Å². The molecule has 0 unspecified atom stereocenters. The van der Waals surface area contributed by atoms with Gasteiger partial charge in [0.25, 0.3) is 11.5 Å². The number of aromatic nitrogens is 2. The van der Waals surface area contributed by atoms with Gasteiger partial charge in [-0.1, -0.05) is 18.7 Å². The number of hydrogen-bond donors (Lipinski definition) is 1. The zero-order chi connectivity index (χ0) is 27.2. The standard InChI is InChI=1S/C28H28N4O5S/c1-17(2)22-13-24(37-16-28(10-11-28)38(35,36)20-8-9-20)25-23(31-22)12-21(27(34)32(25)3)26(33)30-15-19-6-4-18(14-29)5-7-19/h4-7,12-13,20H,1,8-11,15-16H2,2-3H3,(H,30,33). The number of amides is 1. The third kappa shape index (κ3) is 4.58. The van der Waals surface area contributed by atoms with Gasteiger partial charge in [-0.3, -0.25) is 9.59 Å². The molecule has 2 aliphatic rings. The minimum absolute atomic E-state index is 0.00158. The summed E-state index contributed by atoms with van der Waals surface area (Å²) < 4.78 is 32.5. The van der Waals surface area contributed by atoms with Crippen LogP contribution in [0, 0.1) is 11.3 Å². The second-order valence-corrected chi connectivity index (χ2v) is 12.8. The predicted molar refractivity (Wildman–Crippen MR) is 143 cm³/mol. The molecule has 1 aromatic carbocycles. The van der Waals surface area contributed by atoms with Gasteiger partial charge in [-0.25, -0.2) is 13.4 Å². The van der Waals surface area contributed by atoms with E-state index >= 15 is 0 Å². The van der Waals surface area contributed by atoms with Gasteiger partial charge >= 0.3 is 0 Å². The molecular formula is C28H28N4O5S. The summed E-state index contributed by atoms with van der Waals surface area (Å²) >= 11 is 0. The van der Waals surface area contributed by atoms with Crippen LogP contribution in [0.4, 0.5) is 0 Å². The lowest BCUT2D eigenvalue weighted by atomic mass is 10.1. The Hall–Kier alpha value is -3.97. The van der Waals surface area contributed by atoms with Crippen molar-refractivity contribution < 1.29 is 17.9 Å². The lowest BCUT2D eigenvalue weighted by Crippen LogP contribution is -2.34. The van der Waals surface area contributed by atoms with Gasteiger partial charge in [-0.2, -0.15) is 5.26 Å². The van der Waals surface area contributed by atoms with Crippen molar-refractivity contribution in [2.75, 3.05) is 6.61 Å². The van der Waals surface area contributed by atoms with Gasteiger partial charge in [0.15, 0.2) is 9.84 Å². The zero-order valence-corrected chi connectivity index (χ0v) is 22.1. The van der Waals surface area contributed by atoms with E-state index in [1.54, 1.807) is 37.3 Å². The van der Waals surface area contributed by atoms with Gasteiger partial charge in [0.1, 0.15) is 28.2 Å². The summed E-state index contributed by atoms with van der Waals surface area (Å²) in [6.07, 6.45) is 2.52. The van der Waals surface area contributed by atoms with Crippen molar-refractivity contribution in [2.24, 2.45) is 7.05 Å². The molecule has 0 radical (unpaired) electrons. The molecule has 196 valence electrons. The second kappa shape index (κ2) is 9.40. The number of ether oxygens (including phenoxy) is 1. The number of fused-ring (bicyclic) bond motifs is 1. The van der Waals surface area contributed by atoms with Crippen LogP contribution in [-0.4, -0.2) is 40.5 Å². The van der Waals surface area contributed by atoms with Crippen molar-refractivity contribution in [1.29, 1.82) is 5.26 Å². The Bertz CT molecular complexity index is 1680. The molecule has 0 bridgehead atoms. The zero-order valence-electron chi connectivity index (χ0n) is 21.3. The number of allylic oxidation sites excluding steroid dienone is 1. The fourth-order valence-electron chi connectivity index (χ4n) is 4.51. The average molecular weight is 533 g/mol. The van der Waals surface area contributed by atoms with Gasteiger partial charge < -0.3 is 14.6 Å². The fraction of sp³-hybridized carbons (Fsp3) is 0.357. The number of carbonyl (C=O) groups is 1. The first-order chi connectivity index (χ1) is 18.1. The number of nitriles is 1. The largest absolute Gasteiger partial charge is 0.490 e. The van der Waals surface area contributed by atoms with Crippen LogP contribution in [0.2, 0.25) is 0 Å². The molecule has 10 heteroatoms. The van der Waals surface area contributed by atoms with E-state index in [1.807, 2.05) is 6.07 Å². The van der Waals surface area contributed by atoms with E-state index in [-0.39, 0.29) is 24.0 Å². The first-order valence-electron chi connectivity index (χ1n) is 12.4. The number of hydrogen-bond acceptors (Lipinski definition) is 7. The van der Waals surface area contributed by atoms with Crippen molar-refractivity contribution in [2.45, 2.75) is 49.1 Å². The quantitative estimate of drug-likeness (QED) is 0.447. The highest BCUT2D eigenvalue weighted by Crippen LogP contribution is 2.50. The van der Waals surface area contributed by atoms with E-state index in [2.05, 4.69) is 16.9 Å². The van der Waals surface area contributed by atoms with E-state index in [0.717, 1.165) is 5.56 Å². The number of sulfone groups is 1. The lowest BCUT2D eigenvalue weighted by molar-refractivity contribution is 0.0949. The number of nitrogens with zero attached hydrogens (tertiary/aromatic N) is 3. The third-order valence-electron chi connectivity index (χ3n) is 7.22. The number of pyridine rings is 2. The SMILES string of the molecule is C=C(C)c1cc(OCC2(S(=O)(=O)C3CC3)CC2)c2c(cc(C(=O)NCc3ccc(C#N)cc3)c(=O)n2C)n1. The van der Waals surface area contributed by atoms with Gasteiger partial charge in [-0.15, -0.1) is 0 Å². The molecule has 2 aliphatic carbocycles. The summed E-state index contributed by atoms with van der Waals surface area (Å²) in [5, 5.41) is 11.4. The first-order valence-corrected chi connectivity index (χ1v) is 13.9. The summed E-state index contributed by atoms with van der Waals surface area (Å²) in [6, 6.07) is 11.9. The molecule has 9 nitrogen and oxygen atoms in total. The molecule has 0 aliphatic heterocycles. The van der Waals surface area contributed by atoms with Gasteiger partial charge in [0.05, 0.1) is 28.1 Å². The molecule has 2 heterocycles. The summed E-state index contributed by atoms with van der Waals surface area (Å²) in [4.78, 5) is 30.8. The molecule has 0 atom stereocenters. The highest BCUT2D eigenvalue weighted by atomic mass is 32.2. The van der Waals surface area contributed by atoms with Crippen molar-refractivity contribution in [1.82, 2.24) is 14.9 Å². The number of benzene rings is 1. The van der Waals surface area contributed by atoms with E-state index in [9.17, 15) is 18.0 Å². The van der Waals surface area contributed by atoms with Crippen molar-refractivity contribution in [3.63, 3.8) is 0 Å². The predicted octanol–water partition coefficient (Wildman–Crippen LogP) is 3.26. The number of nitrogens with one attached hydrogen (secondary N) is 1. The van der Waals surface area contributed by atoms with Crippen LogP contribution in [0.15, 0.2) is 47.8 Å². The molecule has 2 saturated carbocycles. The molecule has 0 spiro atoms. The third-order valence-corrected chi connectivity index (χ3v) is 10.3. The molecule has 2 fully saturated rings. The number of rotatable bonds is 9. The maximum absolute atomic E-state index is 13.2. The van der Waals surface area contributed by atoms with E-state index in [0.29, 0.717) is 59.3 Å². The lowest BCUT2D eigenvalue weighted by Gasteiger charge is -2.19. The summed E-state index contributed by atoms with van der Waals surface area (Å²) in [7, 11) is -1.74. The Labute approximate surface area is 220 Å².